The zero-order valence-electron chi connectivity index (χ0n) is 10.0. The maximum absolute atomic E-state index is 13.8. The first-order valence-electron chi connectivity index (χ1n) is 5.40. The van der Waals surface area contributed by atoms with Crippen LogP contribution in [0.1, 0.15) is 11.3 Å². The van der Waals surface area contributed by atoms with Gasteiger partial charge in [-0.05, 0) is 12.1 Å². The third kappa shape index (κ3) is 2.60. The fourth-order valence-electron chi connectivity index (χ4n) is 1.72. The molecule has 0 aliphatic rings. The molecule has 0 saturated heterocycles. The number of nitrogens with zero attached hydrogens (tertiary/aromatic N) is 2. The molecule has 0 fully saturated rings. The Morgan fingerprint density at radius 3 is 2.74 bits per heavy atom. The van der Waals surface area contributed by atoms with Crippen molar-refractivity contribution in [3.63, 3.8) is 0 Å². The van der Waals surface area contributed by atoms with Crippen molar-refractivity contribution in [2.24, 2.45) is 0 Å². The SMILES string of the molecule is COCc1nn(-c2c(F)cccc2Cl)c(Cl)c1CO. The van der Waals surface area contributed by atoms with Crippen LogP contribution in [0.3, 0.4) is 0 Å². The Balaban J connectivity index is 2.63. The minimum atomic E-state index is -0.551. The number of aliphatic hydroxyl groups is 1. The van der Waals surface area contributed by atoms with Crippen LogP contribution in [0, 0.1) is 5.82 Å². The van der Waals surface area contributed by atoms with Gasteiger partial charge in [-0.15, -0.1) is 0 Å². The number of hydrogen-bond acceptors (Lipinski definition) is 3. The van der Waals surface area contributed by atoms with Gasteiger partial charge in [-0.1, -0.05) is 29.3 Å². The second-order valence-corrected chi connectivity index (χ2v) is 4.55. The number of hydrogen-bond donors (Lipinski definition) is 1. The Morgan fingerprint density at radius 2 is 2.16 bits per heavy atom. The van der Waals surface area contributed by atoms with Gasteiger partial charge in [0.1, 0.15) is 16.7 Å². The molecular weight excluding hydrogens is 294 g/mol. The zero-order valence-corrected chi connectivity index (χ0v) is 11.5. The van der Waals surface area contributed by atoms with E-state index in [9.17, 15) is 9.50 Å². The molecule has 0 aliphatic carbocycles. The number of para-hydroxylation sites is 1. The summed E-state index contributed by atoms with van der Waals surface area (Å²) in [4.78, 5) is 0. The van der Waals surface area contributed by atoms with Gasteiger partial charge in [0.15, 0.2) is 0 Å². The molecule has 2 aromatic rings. The van der Waals surface area contributed by atoms with Gasteiger partial charge in [-0.25, -0.2) is 9.07 Å². The summed E-state index contributed by atoms with van der Waals surface area (Å²) < 4.78 is 20.0. The lowest BCUT2D eigenvalue weighted by molar-refractivity contribution is 0.178. The average Bonchev–Trinajstić information content (AvgIpc) is 2.66. The molecule has 0 aliphatic heterocycles. The predicted molar refractivity (Wildman–Crippen MR) is 70.2 cm³/mol. The summed E-state index contributed by atoms with van der Waals surface area (Å²) in [6.45, 7) is -0.154. The first-order chi connectivity index (χ1) is 9.10. The lowest BCUT2D eigenvalue weighted by Crippen LogP contribution is -2.02. The molecule has 1 aromatic heterocycles. The lowest BCUT2D eigenvalue weighted by atomic mass is 10.2. The van der Waals surface area contributed by atoms with Crippen molar-refractivity contribution in [3.8, 4) is 5.69 Å². The summed E-state index contributed by atoms with van der Waals surface area (Å²) >= 11 is 12.1. The van der Waals surface area contributed by atoms with Crippen LogP contribution < -0.4 is 0 Å². The molecule has 1 heterocycles. The average molecular weight is 305 g/mol. The fourth-order valence-corrected chi connectivity index (χ4v) is 2.25. The normalized spacial score (nSPS) is 11.0. The molecule has 0 unspecified atom stereocenters. The van der Waals surface area contributed by atoms with Crippen LogP contribution in [0.4, 0.5) is 4.39 Å². The molecule has 4 nitrogen and oxygen atoms in total. The summed E-state index contributed by atoms with van der Waals surface area (Å²) in [5.74, 6) is -0.551. The van der Waals surface area contributed by atoms with E-state index in [4.69, 9.17) is 27.9 Å². The van der Waals surface area contributed by atoms with Gasteiger partial charge in [0, 0.05) is 12.7 Å². The van der Waals surface area contributed by atoms with Gasteiger partial charge in [-0.2, -0.15) is 5.10 Å². The summed E-state index contributed by atoms with van der Waals surface area (Å²) in [7, 11) is 1.49. The number of ether oxygens (including phenoxy) is 1. The van der Waals surface area contributed by atoms with Crippen LogP contribution >= 0.6 is 23.2 Å². The molecule has 2 rings (SSSR count). The highest BCUT2D eigenvalue weighted by atomic mass is 35.5. The number of rotatable bonds is 4. The number of halogens is 3. The highest BCUT2D eigenvalue weighted by Gasteiger charge is 2.20. The van der Waals surface area contributed by atoms with Crippen molar-refractivity contribution in [3.05, 3.63) is 45.4 Å². The van der Waals surface area contributed by atoms with Crippen molar-refractivity contribution in [2.75, 3.05) is 7.11 Å². The first-order valence-corrected chi connectivity index (χ1v) is 6.16. The molecule has 0 amide bonds. The van der Waals surface area contributed by atoms with Gasteiger partial charge >= 0.3 is 0 Å². The Labute approximate surface area is 119 Å². The third-order valence-corrected chi connectivity index (χ3v) is 3.29. The molecule has 102 valence electrons. The molecule has 1 aromatic carbocycles. The monoisotopic (exact) mass is 304 g/mol. The molecule has 1 N–H and O–H groups in total. The maximum atomic E-state index is 13.8. The van der Waals surface area contributed by atoms with Crippen LogP contribution in [-0.2, 0) is 18.0 Å². The number of methoxy groups -OCH3 is 1. The summed E-state index contributed by atoms with van der Waals surface area (Å²) in [6.07, 6.45) is 0. The van der Waals surface area contributed by atoms with Gasteiger partial charge in [-0.3, -0.25) is 0 Å². The molecule has 0 spiro atoms. The van der Waals surface area contributed by atoms with Gasteiger partial charge in [0.2, 0.25) is 0 Å². The van der Waals surface area contributed by atoms with Crippen molar-refractivity contribution in [2.45, 2.75) is 13.2 Å². The first kappa shape index (κ1) is 14.3. The van der Waals surface area contributed by atoms with Gasteiger partial charge < -0.3 is 9.84 Å². The van der Waals surface area contributed by atoms with E-state index in [-0.39, 0.29) is 29.1 Å². The Hall–Kier alpha value is -1.14. The van der Waals surface area contributed by atoms with Crippen molar-refractivity contribution in [1.29, 1.82) is 0 Å². The summed E-state index contributed by atoms with van der Waals surface area (Å²) in [5, 5.41) is 13.7. The van der Waals surface area contributed by atoms with E-state index in [1.807, 2.05) is 0 Å². The van der Waals surface area contributed by atoms with Crippen LogP contribution in [0.2, 0.25) is 10.2 Å². The van der Waals surface area contributed by atoms with E-state index < -0.39 is 5.82 Å². The smallest absolute Gasteiger partial charge is 0.150 e. The minimum absolute atomic E-state index is 0.0474. The maximum Gasteiger partial charge on any atom is 0.150 e. The predicted octanol–water partition coefficient (Wildman–Crippen LogP) is 2.96. The fraction of sp³-hybridized carbons (Fsp3) is 0.250. The van der Waals surface area contributed by atoms with Crippen molar-refractivity contribution >= 4 is 23.2 Å². The highest BCUT2D eigenvalue weighted by Crippen LogP contribution is 2.29. The van der Waals surface area contributed by atoms with E-state index >= 15 is 0 Å². The van der Waals surface area contributed by atoms with Crippen LogP contribution in [0.15, 0.2) is 18.2 Å². The molecule has 0 saturated carbocycles. The van der Waals surface area contributed by atoms with Crippen molar-refractivity contribution < 1.29 is 14.2 Å². The van der Waals surface area contributed by atoms with Crippen molar-refractivity contribution in [1.82, 2.24) is 9.78 Å². The molecule has 0 radical (unpaired) electrons. The van der Waals surface area contributed by atoms with Gasteiger partial charge in [0.25, 0.3) is 0 Å². The molecule has 0 atom stereocenters. The summed E-state index contributed by atoms with van der Waals surface area (Å²) in [6, 6.07) is 4.28. The topological polar surface area (TPSA) is 47.3 Å². The molecular formula is C12H11Cl2FN2O2. The minimum Gasteiger partial charge on any atom is -0.391 e. The second kappa shape index (κ2) is 5.88. The number of aromatic nitrogens is 2. The zero-order chi connectivity index (χ0) is 14.0. The molecule has 0 bridgehead atoms. The Morgan fingerprint density at radius 1 is 1.42 bits per heavy atom. The molecule has 7 heteroatoms. The van der Waals surface area contributed by atoms with Crippen LogP contribution in [-0.4, -0.2) is 22.0 Å². The van der Waals surface area contributed by atoms with E-state index in [0.29, 0.717) is 11.3 Å². The Kier molecular flexibility index (Phi) is 4.42. The number of aliphatic hydroxyl groups excluding tert-OH is 1. The Bertz CT molecular complexity index is 581. The number of benzene rings is 1. The second-order valence-electron chi connectivity index (χ2n) is 3.79. The van der Waals surface area contributed by atoms with E-state index in [1.165, 1.54) is 30.0 Å². The van der Waals surface area contributed by atoms with E-state index in [0.717, 1.165) is 0 Å². The quantitative estimate of drug-likeness (QED) is 0.944. The summed E-state index contributed by atoms with van der Waals surface area (Å²) in [5.41, 5.74) is 0.878. The third-order valence-electron chi connectivity index (χ3n) is 2.59. The van der Waals surface area contributed by atoms with E-state index in [2.05, 4.69) is 5.10 Å². The van der Waals surface area contributed by atoms with E-state index in [1.54, 1.807) is 0 Å². The lowest BCUT2D eigenvalue weighted by Gasteiger charge is -2.06. The highest BCUT2D eigenvalue weighted by molar-refractivity contribution is 6.33. The largest absolute Gasteiger partial charge is 0.391 e. The standard InChI is InChI=1S/C12H11Cl2FN2O2/c1-19-6-10-7(5-18)12(14)17(16-10)11-8(13)3-2-4-9(11)15/h2-4,18H,5-6H2,1H3. The van der Waals surface area contributed by atoms with Crippen LogP contribution in [0.25, 0.3) is 5.69 Å². The molecule has 19 heavy (non-hydrogen) atoms. The van der Waals surface area contributed by atoms with Gasteiger partial charge in [0.05, 0.1) is 23.9 Å². The van der Waals surface area contributed by atoms with Crippen LogP contribution in [0.5, 0.6) is 0 Å².